The van der Waals surface area contributed by atoms with Crippen molar-refractivity contribution < 1.29 is 0 Å². The van der Waals surface area contributed by atoms with Gasteiger partial charge >= 0.3 is 0 Å². The minimum absolute atomic E-state index is 0.844. The average molecular weight is 375 g/mol. The largest absolute Gasteiger partial charge is 0.135 e. The molecule has 0 atom stereocenters. The summed E-state index contributed by atoms with van der Waals surface area (Å²) in [6.45, 7) is 0. The van der Waals surface area contributed by atoms with E-state index in [1.807, 2.05) is 17.4 Å². The number of hydrogen-bond acceptors (Lipinski definition) is 2. The summed E-state index contributed by atoms with van der Waals surface area (Å²) < 4.78 is 5.22. The number of halogens is 1. The van der Waals surface area contributed by atoms with Crippen molar-refractivity contribution in [2.45, 2.75) is 0 Å². The molecule has 118 valence electrons. The van der Waals surface area contributed by atoms with Crippen LogP contribution in [-0.4, -0.2) is 0 Å². The molecule has 0 aliphatic heterocycles. The maximum atomic E-state index is 6.46. The zero-order chi connectivity index (χ0) is 16.5. The lowest BCUT2D eigenvalue weighted by Crippen LogP contribution is -1.73. The molecule has 4 aromatic carbocycles. The summed E-state index contributed by atoms with van der Waals surface area (Å²) in [5.41, 5.74) is 0. The van der Waals surface area contributed by atoms with E-state index < -0.39 is 0 Å². The summed E-state index contributed by atoms with van der Waals surface area (Å²) in [6.07, 6.45) is 0. The van der Waals surface area contributed by atoms with E-state index in [1.165, 1.54) is 51.1 Å². The SMILES string of the molecule is Clc1cccc2c1sc1ccc3sc4c5ccccc5ccc4c3c12. The van der Waals surface area contributed by atoms with E-state index in [-0.39, 0.29) is 0 Å². The fourth-order valence-corrected chi connectivity index (χ4v) is 6.50. The highest BCUT2D eigenvalue weighted by atomic mass is 35.5. The van der Waals surface area contributed by atoms with E-state index >= 15 is 0 Å². The molecule has 0 unspecified atom stereocenters. The smallest absolute Gasteiger partial charge is 0.0584 e. The lowest BCUT2D eigenvalue weighted by molar-refractivity contribution is 1.82. The predicted octanol–water partition coefficient (Wildman–Crippen LogP) is 8.23. The van der Waals surface area contributed by atoms with E-state index in [4.69, 9.17) is 11.6 Å². The van der Waals surface area contributed by atoms with Crippen LogP contribution in [0.2, 0.25) is 5.02 Å². The van der Waals surface area contributed by atoms with Gasteiger partial charge in [-0.05, 0) is 29.0 Å². The number of benzene rings is 4. The van der Waals surface area contributed by atoms with Gasteiger partial charge in [0.1, 0.15) is 0 Å². The van der Waals surface area contributed by atoms with Crippen LogP contribution >= 0.6 is 34.3 Å². The molecule has 0 spiro atoms. The molecule has 25 heavy (non-hydrogen) atoms. The van der Waals surface area contributed by atoms with Crippen LogP contribution in [0.3, 0.4) is 0 Å². The van der Waals surface area contributed by atoms with Gasteiger partial charge in [-0.1, -0.05) is 60.1 Å². The number of rotatable bonds is 0. The summed E-state index contributed by atoms with van der Waals surface area (Å²) in [6, 6.07) is 23.9. The monoisotopic (exact) mass is 374 g/mol. The molecular formula is C22H11ClS2. The first-order valence-corrected chi connectivity index (χ1v) is 10.2. The normalized spacial score (nSPS) is 12.2. The summed E-state index contributed by atoms with van der Waals surface area (Å²) >= 11 is 10.1. The molecule has 0 aliphatic rings. The Bertz CT molecular complexity index is 1450. The van der Waals surface area contributed by atoms with Gasteiger partial charge in [0, 0.05) is 35.6 Å². The van der Waals surface area contributed by atoms with Gasteiger partial charge in [0.2, 0.25) is 0 Å². The maximum Gasteiger partial charge on any atom is 0.0584 e. The molecule has 0 amide bonds. The third-order valence-corrected chi connectivity index (χ3v) is 7.77. The second-order valence-electron chi connectivity index (χ2n) is 6.30. The first-order chi connectivity index (χ1) is 12.3. The third kappa shape index (κ3) is 1.82. The Hall–Kier alpha value is -2.13. The van der Waals surface area contributed by atoms with Gasteiger partial charge in [-0.25, -0.2) is 0 Å². The van der Waals surface area contributed by atoms with Crippen LogP contribution in [0.4, 0.5) is 0 Å². The quantitative estimate of drug-likeness (QED) is 0.251. The molecule has 0 N–H and O–H groups in total. The number of fused-ring (bicyclic) bond motifs is 9. The topological polar surface area (TPSA) is 0 Å². The van der Waals surface area contributed by atoms with Crippen molar-refractivity contribution in [3.05, 3.63) is 71.8 Å². The van der Waals surface area contributed by atoms with Gasteiger partial charge in [0.25, 0.3) is 0 Å². The van der Waals surface area contributed by atoms with Crippen molar-refractivity contribution in [3.63, 3.8) is 0 Å². The summed E-state index contributed by atoms with van der Waals surface area (Å²) in [4.78, 5) is 0. The summed E-state index contributed by atoms with van der Waals surface area (Å²) in [5, 5.41) is 8.83. The molecule has 0 saturated carbocycles. The van der Waals surface area contributed by atoms with Crippen molar-refractivity contribution in [3.8, 4) is 0 Å². The van der Waals surface area contributed by atoms with Gasteiger partial charge in [-0.15, -0.1) is 22.7 Å². The molecule has 0 nitrogen and oxygen atoms in total. The second-order valence-corrected chi connectivity index (χ2v) is 8.81. The minimum Gasteiger partial charge on any atom is -0.135 e. The van der Waals surface area contributed by atoms with Crippen molar-refractivity contribution >= 4 is 85.4 Å². The Morgan fingerprint density at radius 3 is 2.08 bits per heavy atom. The fraction of sp³-hybridized carbons (Fsp3) is 0. The molecule has 3 heteroatoms. The predicted molar refractivity (Wildman–Crippen MR) is 115 cm³/mol. The molecule has 0 bridgehead atoms. The molecule has 2 aromatic heterocycles. The van der Waals surface area contributed by atoms with E-state index in [0.717, 1.165) is 5.02 Å². The summed E-state index contributed by atoms with van der Waals surface area (Å²) in [5.74, 6) is 0. The zero-order valence-electron chi connectivity index (χ0n) is 13.0. The van der Waals surface area contributed by atoms with Crippen molar-refractivity contribution in [1.29, 1.82) is 0 Å². The van der Waals surface area contributed by atoms with Crippen LogP contribution in [0.1, 0.15) is 0 Å². The lowest BCUT2D eigenvalue weighted by Gasteiger charge is -2.00. The van der Waals surface area contributed by atoms with E-state index in [0.29, 0.717) is 0 Å². The van der Waals surface area contributed by atoms with Crippen molar-refractivity contribution in [2.75, 3.05) is 0 Å². The van der Waals surface area contributed by atoms with Gasteiger partial charge < -0.3 is 0 Å². The number of hydrogen-bond donors (Lipinski definition) is 0. The highest BCUT2D eigenvalue weighted by molar-refractivity contribution is 7.28. The molecule has 6 rings (SSSR count). The molecule has 6 aromatic rings. The van der Waals surface area contributed by atoms with Crippen LogP contribution in [0.5, 0.6) is 0 Å². The van der Waals surface area contributed by atoms with Crippen LogP contribution in [0, 0.1) is 0 Å². The fourth-order valence-electron chi connectivity index (χ4n) is 3.85. The van der Waals surface area contributed by atoms with Crippen LogP contribution in [0.15, 0.2) is 66.7 Å². The average Bonchev–Trinajstić information content (AvgIpc) is 3.20. The minimum atomic E-state index is 0.844. The molecule has 0 saturated heterocycles. The Morgan fingerprint density at radius 1 is 0.560 bits per heavy atom. The van der Waals surface area contributed by atoms with Crippen molar-refractivity contribution in [2.24, 2.45) is 0 Å². The third-order valence-electron chi connectivity index (χ3n) is 4.94. The standard InChI is InChI=1S/C22H11ClS2/c23-16-7-3-6-14-19-18(25-22(14)16)11-10-17-20(19)15-9-8-12-4-1-2-5-13(12)21(15)24-17/h1-11H. The van der Waals surface area contributed by atoms with Crippen LogP contribution in [-0.2, 0) is 0 Å². The lowest BCUT2D eigenvalue weighted by atomic mass is 10.0. The second kappa shape index (κ2) is 4.95. The Balaban J connectivity index is 1.94. The van der Waals surface area contributed by atoms with E-state index in [9.17, 15) is 0 Å². The summed E-state index contributed by atoms with van der Waals surface area (Å²) in [7, 11) is 0. The molecule has 0 fully saturated rings. The van der Waals surface area contributed by atoms with Gasteiger partial charge in [0.05, 0.1) is 9.72 Å². The van der Waals surface area contributed by atoms with E-state index in [2.05, 4.69) is 60.7 Å². The molecule has 0 aliphatic carbocycles. The van der Waals surface area contributed by atoms with E-state index in [1.54, 1.807) is 11.3 Å². The molecule has 0 radical (unpaired) electrons. The molecule has 2 heterocycles. The Morgan fingerprint density at radius 2 is 1.24 bits per heavy atom. The van der Waals surface area contributed by atoms with Gasteiger partial charge in [-0.2, -0.15) is 0 Å². The first kappa shape index (κ1) is 14.1. The number of thiophene rings is 2. The van der Waals surface area contributed by atoms with Gasteiger partial charge in [0.15, 0.2) is 0 Å². The zero-order valence-corrected chi connectivity index (χ0v) is 15.4. The Labute approximate surface area is 156 Å². The van der Waals surface area contributed by atoms with Crippen molar-refractivity contribution in [1.82, 2.24) is 0 Å². The molecular weight excluding hydrogens is 364 g/mol. The van der Waals surface area contributed by atoms with Gasteiger partial charge in [-0.3, -0.25) is 0 Å². The Kier molecular flexibility index (Phi) is 2.79. The maximum absolute atomic E-state index is 6.46. The van der Waals surface area contributed by atoms with Crippen LogP contribution < -0.4 is 0 Å². The first-order valence-electron chi connectivity index (χ1n) is 8.15. The highest BCUT2D eigenvalue weighted by Gasteiger charge is 2.15. The highest BCUT2D eigenvalue weighted by Crippen LogP contribution is 2.47. The van der Waals surface area contributed by atoms with Crippen LogP contribution in [0.25, 0.3) is 51.1 Å².